The normalized spacial score (nSPS) is 11.6. The molecule has 1 aromatic carbocycles. The minimum absolute atomic E-state index is 0.0475. The van der Waals surface area contributed by atoms with Gasteiger partial charge < -0.3 is 10.4 Å². The molecule has 0 bridgehead atoms. The number of halogens is 1. The van der Waals surface area contributed by atoms with Crippen molar-refractivity contribution in [2.75, 3.05) is 11.9 Å². The molecular weight excluding hydrogens is 264 g/mol. The van der Waals surface area contributed by atoms with Crippen molar-refractivity contribution >= 4 is 17.4 Å². The zero-order valence-electron chi connectivity index (χ0n) is 9.92. The smallest absolute Gasteiger partial charge is 0.224 e. The average molecular weight is 275 g/mol. The third-order valence-electron chi connectivity index (χ3n) is 2.58. The fourth-order valence-corrected chi connectivity index (χ4v) is 1.77. The van der Waals surface area contributed by atoms with Gasteiger partial charge in [0.25, 0.3) is 0 Å². The number of hydrogen-bond donors (Lipinski definition) is 2. The zero-order valence-corrected chi connectivity index (χ0v) is 10.7. The van der Waals surface area contributed by atoms with Gasteiger partial charge in [0.2, 0.25) is 5.28 Å². The van der Waals surface area contributed by atoms with Gasteiger partial charge in [-0.2, -0.15) is 10.2 Å². The maximum absolute atomic E-state index is 9.45. The van der Waals surface area contributed by atoms with Crippen LogP contribution in [-0.4, -0.2) is 21.7 Å². The maximum Gasteiger partial charge on any atom is 0.224 e. The minimum atomic E-state index is -0.362. The molecule has 0 aliphatic heterocycles. The summed E-state index contributed by atoms with van der Waals surface area (Å²) in [5.74, 6) is 0.311. The van der Waals surface area contributed by atoms with Crippen LogP contribution in [0.2, 0.25) is 5.28 Å². The number of nitrogens with zero attached hydrogens (tertiary/aromatic N) is 3. The third-order valence-corrected chi connectivity index (χ3v) is 2.76. The molecule has 0 unspecified atom stereocenters. The molecule has 2 rings (SSSR count). The van der Waals surface area contributed by atoms with Gasteiger partial charge in [-0.15, -0.1) is 0 Å². The van der Waals surface area contributed by atoms with Crippen LogP contribution in [0.15, 0.2) is 36.5 Å². The molecule has 0 aliphatic rings. The number of aliphatic hydroxyl groups is 1. The van der Waals surface area contributed by atoms with E-state index in [1.165, 1.54) is 6.20 Å². The van der Waals surface area contributed by atoms with Gasteiger partial charge in [-0.25, -0.2) is 4.98 Å². The average Bonchev–Trinajstić information content (AvgIpc) is 2.46. The van der Waals surface area contributed by atoms with Crippen LogP contribution in [0, 0.1) is 11.3 Å². The lowest BCUT2D eigenvalue weighted by atomic mass is 10.1. The van der Waals surface area contributed by atoms with E-state index in [1.807, 2.05) is 36.4 Å². The molecule has 2 aromatic rings. The van der Waals surface area contributed by atoms with Gasteiger partial charge in [0.1, 0.15) is 17.5 Å². The summed E-state index contributed by atoms with van der Waals surface area (Å²) < 4.78 is 0. The number of benzene rings is 1. The van der Waals surface area contributed by atoms with E-state index in [1.54, 1.807) is 0 Å². The number of aliphatic hydroxyl groups excluding tert-OH is 1. The molecule has 0 fully saturated rings. The van der Waals surface area contributed by atoms with Gasteiger partial charge in [-0.3, -0.25) is 0 Å². The van der Waals surface area contributed by atoms with Crippen molar-refractivity contribution in [3.8, 4) is 6.07 Å². The van der Waals surface area contributed by atoms with Gasteiger partial charge in [0.15, 0.2) is 0 Å². The van der Waals surface area contributed by atoms with Gasteiger partial charge in [0.05, 0.1) is 18.8 Å². The van der Waals surface area contributed by atoms with E-state index in [-0.39, 0.29) is 23.5 Å². The second kappa shape index (κ2) is 6.14. The van der Waals surface area contributed by atoms with Crippen molar-refractivity contribution in [3.05, 3.63) is 52.9 Å². The van der Waals surface area contributed by atoms with Crippen LogP contribution < -0.4 is 5.32 Å². The highest BCUT2D eigenvalue weighted by Gasteiger charge is 2.13. The molecule has 19 heavy (non-hydrogen) atoms. The van der Waals surface area contributed by atoms with Crippen molar-refractivity contribution in [1.82, 2.24) is 9.97 Å². The second-order valence-corrected chi connectivity index (χ2v) is 4.14. The second-order valence-electron chi connectivity index (χ2n) is 3.80. The Morgan fingerprint density at radius 1 is 1.37 bits per heavy atom. The molecule has 2 N–H and O–H groups in total. The highest BCUT2D eigenvalue weighted by Crippen LogP contribution is 2.21. The highest BCUT2D eigenvalue weighted by atomic mass is 35.5. The molecule has 0 amide bonds. The van der Waals surface area contributed by atoms with E-state index in [9.17, 15) is 5.11 Å². The Balaban J connectivity index is 2.29. The molecule has 1 atom stereocenters. The van der Waals surface area contributed by atoms with Crippen LogP contribution in [-0.2, 0) is 0 Å². The first-order chi connectivity index (χ1) is 9.24. The Morgan fingerprint density at radius 3 is 2.74 bits per heavy atom. The van der Waals surface area contributed by atoms with E-state index < -0.39 is 0 Å². The van der Waals surface area contributed by atoms with Crippen molar-refractivity contribution in [2.24, 2.45) is 0 Å². The molecule has 5 nitrogen and oxygen atoms in total. The van der Waals surface area contributed by atoms with Crippen LogP contribution in [0.3, 0.4) is 0 Å². The van der Waals surface area contributed by atoms with Crippen molar-refractivity contribution < 1.29 is 5.11 Å². The molecule has 0 saturated heterocycles. The van der Waals surface area contributed by atoms with E-state index in [2.05, 4.69) is 15.3 Å². The summed E-state index contributed by atoms with van der Waals surface area (Å²) in [7, 11) is 0. The molecular formula is C13H11ClN4O. The van der Waals surface area contributed by atoms with Crippen molar-refractivity contribution in [3.63, 3.8) is 0 Å². The van der Waals surface area contributed by atoms with Gasteiger partial charge in [0, 0.05) is 0 Å². The number of rotatable bonds is 4. The Hall–Kier alpha value is -2.16. The lowest BCUT2D eigenvalue weighted by Crippen LogP contribution is -2.16. The summed E-state index contributed by atoms with van der Waals surface area (Å²) in [4.78, 5) is 7.71. The van der Waals surface area contributed by atoms with Crippen LogP contribution >= 0.6 is 11.6 Å². The van der Waals surface area contributed by atoms with Gasteiger partial charge >= 0.3 is 0 Å². The minimum Gasteiger partial charge on any atom is -0.394 e. The zero-order chi connectivity index (χ0) is 13.7. The fraction of sp³-hybridized carbons (Fsp3) is 0.154. The topological polar surface area (TPSA) is 81.8 Å². The first kappa shape index (κ1) is 13.3. The van der Waals surface area contributed by atoms with Crippen LogP contribution in [0.1, 0.15) is 17.2 Å². The monoisotopic (exact) mass is 274 g/mol. The molecule has 1 heterocycles. The largest absolute Gasteiger partial charge is 0.394 e. The molecule has 6 heteroatoms. The quantitative estimate of drug-likeness (QED) is 0.835. The number of nitriles is 1. The fourth-order valence-electron chi connectivity index (χ4n) is 1.64. The predicted octanol–water partition coefficient (Wildman–Crippen LogP) is 2.15. The third kappa shape index (κ3) is 3.19. The summed E-state index contributed by atoms with van der Waals surface area (Å²) in [5.41, 5.74) is 1.17. The lowest BCUT2D eigenvalue weighted by Gasteiger charge is -2.17. The summed E-state index contributed by atoms with van der Waals surface area (Å²) in [6.07, 6.45) is 1.34. The van der Waals surface area contributed by atoms with E-state index in [4.69, 9.17) is 16.9 Å². The summed E-state index contributed by atoms with van der Waals surface area (Å²) in [6, 6.07) is 11.0. The highest BCUT2D eigenvalue weighted by molar-refractivity contribution is 6.28. The van der Waals surface area contributed by atoms with Gasteiger partial charge in [-0.1, -0.05) is 30.3 Å². The standard InChI is InChI=1S/C13H11ClN4O/c14-13-16-7-10(6-15)12(18-13)17-11(8-19)9-4-2-1-3-5-9/h1-5,7,11,19H,8H2,(H,16,17,18)/t11-/m1/s1. The number of nitrogens with one attached hydrogen (secondary N) is 1. The van der Waals surface area contributed by atoms with Crippen LogP contribution in [0.25, 0.3) is 0 Å². The SMILES string of the molecule is N#Cc1cnc(Cl)nc1N[C@H](CO)c1ccccc1. The number of aromatic nitrogens is 2. The van der Waals surface area contributed by atoms with E-state index in [0.29, 0.717) is 5.82 Å². The summed E-state index contributed by atoms with van der Waals surface area (Å²) in [5, 5.41) is 21.5. The van der Waals surface area contributed by atoms with E-state index >= 15 is 0 Å². The first-order valence-electron chi connectivity index (χ1n) is 5.59. The Morgan fingerprint density at radius 2 is 2.11 bits per heavy atom. The Labute approximate surface area is 115 Å². The molecule has 0 radical (unpaired) electrons. The first-order valence-corrected chi connectivity index (χ1v) is 5.97. The molecule has 96 valence electrons. The predicted molar refractivity (Wildman–Crippen MR) is 71.6 cm³/mol. The van der Waals surface area contributed by atoms with E-state index in [0.717, 1.165) is 5.56 Å². The molecule has 1 aromatic heterocycles. The lowest BCUT2D eigenvalue weighted by molar-refractivity contribution is 0.276. The Kier molecular flexibility index (Phi) is 4.29. The number of hydrogen-bond acceptors (Lipinski definition) is 5. The Bertz CT molecular complexity index is 597. The molecule has 0 aliphatic carbocycles. The molecule has 0 spiro atoms. The summed E-state index contributed by atoms with van der Waals surface area (Å²) in [6.45, 7) is -0.128. The number of anilines is 1. The van der Waals surface area contributed by atoms with Crippen molar-refractivity contribution in [2.45, 2.75) is 6.04 Å². The summed E-state index contributed by atoms with van der Waals surface area (Å²) >= 11 is 5.71. The van der Waals surface area contributed by atoms with Crippen molar-refractivity contribution in [1.29, 1.82) is 5.26 Å². The van der Waals surface area contributed by atoms with Crippen LogP contribution in [0.5, 0.6) is 0 Å². The van der Waals surface area contributed by atoms with Gasteiger partial charge in [-0.05, 0) is 17.2 Å². The molecule has 0 saturated carbocycles. The van der Waals surface area contributed by atoms with Crippen LogP contribution in [0.4, 0.5) is 5.82 Å². The maximum atomic E-state index is 9.45.